The number of aromatic nitrogens is 1. The normalized spacial score (nSPS) is 11.6. The lowest BCUT2D eigenvalue weighted by molar-refractivity contribution is 0.398. The summed E-state index contributed by atoms with van der Waals surface area (Å²) in [6, 6.07) is 8.71. The molecule has 18 heavy (non-hydrogen) atoms. The first-order valence-electron chi connectivity index (χ1n) is 6.58. The Hall–Kier alpha value is -1.32. The highest BCUT2D eigenvalue weighted by molar-refractivity contribution is 5.83. The predicted molar refractivity (Wildman–Crippen MR) is 78.1 cm³/mol. The van der Waals surface area contributed by atoms with Crippen molar-refractivity contribution in [2.75, 3.05) is 33.7 Å². The molecule has 0 aliphatic rings. The first-order chi connectivity index (χ1) is 8.68. The fraction of sp³-hybridized carbons (Fsp3) is 0.467. The molecule has 0 aliphatic heterocycles. The Labute approximate surface area is 109 Å². The molecular formula is C15H23N3. The van der Waals surface area contributed by atoms with Gasteiger partial charge in [0, 0.05) is 43.3 Å². The van der Waals surface area contributed by atoms with Gasteiger partial charge in [0.15, 0.2) is 0 Å². The Morgan fingerprint density at radius 1 is 1.17 bits per heavy atom. The summed E-state index contributed by atoms with van der Waals surface area (Å²) in [5.41, 5.74) is 2.69. The summed E-state index contributed by atoms with van der Waals surface area (Å²) < 4.78 is 2.32. The molecule has 0 bridgehead atoms. The third-order valence-corrected chi connectivity index (χ3v) is 3.30. The number of likely N-dealkylation sites (N-methyl/N-ethyl adjacent to an activating group) is 1. The first-order valence-corrected chi connectivity index (χ1v) is 6.58. The van der Waals surface area contributed by atoms with E-state index in [9.17, 15) is 0 Å². The van der Waals surface area contributed by atoms with Crippen molar-refractivity contribution in [1.29, 1.82) is 0 Å². The second-order valence-corrected chi connectivity index (χ2v) is 5.07. The first kappa shape index (κ1) is 13.1. The summed E-state index contributed by atoms with van der Waals surface area (Å²) in [5.74, 6) is 0. The molecule has 1 aromatic heterocycles. The van der Waals surface area contributed by atoms with Crippen molar-refractivity contribution in [1.82, 2.24) is 14.8 Å². The number of nitrogens with zero attached hydrogens (tertiary/aromatic N) is 2. The Bertz CT molecular complexity index is 499. The summed E-state index contributed by atoms with van der Waals surface area (Å²) in [6.07, 6.45) is 2.19. The summed E-state index contributed by atoms with van der Waals surface area (Å²) in [5, 5.41) is 4.84. The molecule has 0 saturated carbocycles. The molecule has 0 spiro atoms. The average Bonchev–Trinajstić information content (AvgIpc) is 2.73. The van der Waals surface area contributed by atoms with Crippen LogP contribution in [0, 0.1) is 6.92 Å². The number of hydrogen-bond donors (Lipinski definition) is 1. The maximum atomic E-state index is 3.47. The number of hydrogen-bond acceptors (Lipinski definition) is 2. The summed E-state index contributed by atoms with van der Waals surface area (Å²) >= 11 is 0. The molecule has 0 unspecified atom stereocenters. The van der Waals surface area contributed by atoms with E-state index in [1.54, 1.807) is 0 Å². The predicted octanol–water partition coefficient (Wildman–Crippen LogP) is 2.10. The second kappa shape index (κ2) is 6.03. The van der Waals surface area contributed by atoms with Gasteiger partial charge in [-0.15, -0.1) is 0 Å². The minimum absolute atomic E-state index is 1.02. The Morgan fingerprint density at radius 3 is 2.78 bits per heavy atom. The molecule has 0 fully saturated rings. The molecule has 0 aliphatic carbocycles. The minimum Gasteiger partial charge on any atom is -0.346 e. The van der Waals surface area contributed by atoms with E-state index in [0.717, 1.165) is 26.2 Å². The van der Waals surface area contributed by atoms with Crippen LogP contribution >= 0.6 is 0 Å². The zero-order valence-corrected chi connectivity index (χ0v) is 11.6. The summed E-state index contributed by atoms with van der Waals surface area (Å²) in [4.78, 5) is 2.20. The van der Waals surface area contributed by atoms with Crippen molar-refractivity contribution >= 4 is 10.9 Å². The van der Waals surface area contributed by atoms with Gasteiger partial charge in [-0.3, -0.25) is 0 Å². The number of aryl methyl sites for hydroxylation is 1. The molecule has 0 saturated heterocycles. The van der Waals surface area contributed by atoms with E-state index >= 15 is 0 Å². The van der Waals surface area contributed by atoms with Crippen molar-refractivity contribution in [2.24, 2.45) is 0 Å². The van der Waals surface area contributed by atoms with Crippen LogP contribution in [0.2, 0.25) is 0 Å². The van der Waals surface area contributed by atoms with Gasteiger partial charge in [-0.2, -0.15) is 0 Å². The molecule has 1 N–H and O–H groups in total. The van der Waals surface area contributed by atoms with E-state index in [2.05, 4.69) is 66.3 Å². The minimum atomic E-state index is 1.02. The number of benzene rings is 1. The molecule has 0 amide bonds. The molecule has 0 atom stereocenters. The standard InChI is InChI=1S/C15H23N3/c1-13-5-4-6-15-14(13)7-10-18(15)12-9-16-8-11-17(2)3/h4-7,10,16H,8-9,11-12H2,1-3H3. The molecule has 2 aromatic rings. The van der Waals surface area contributed by atoms with Gasteiger partial charge in [0.2, 0.25) is 0 Å². The van der Waals surface area contributed by atoms with E-state index in [0.29, 0.717) is 0 Å². The lowest BCUT2D eigenvalue weighted by Gasteiger charge is -2.11. The lowest BCUT2D eigenvalue weighted by atomic mass is 10.1. The van der Waals surface area contributed by atoms with Gasteiger partial charge in [-0.1, -0.05) is 12.1 Å². The van der Waals surface area contributed by atoms with Crippen LogP contribution < -0.4 is 5.32 Å². The second-order valence-electron chi connectivity index (χ2n) is 5.07. The topological polar surface area (TPSA) is 20.2 Å². The van der Waals surface area contributed by atoms with Crippen LogP contribution in [0.25, 0.3) is 10.9 Å². The third kappa shape index (κ3) is 3.12. The molecule has 2 rings (SSSR count). The van der Waals surface area contributed by atoms with Crippen molar-refractivity contribution in [3.05, 3.63) is 36.0 Å². The Morgan fingerprint density at radius 2 is 2.00 bits per heavy atom. The maximum absolute atomic E-state index is 3.47. The SMILES string of the molecule is Cc1cccc2c1ccn2CCNCCN(C)C. The molecule has 3 heteroatoms. The van der Waals surface area contributed by atoms with Gasteiger partial charge in [0.1, 0.15) is 0 Å². The number of fused-ring (bicyclic) bond motifs is 1. The van der Waals surface area contributed by atoms with Gasteiger partial charge >= 0.3 is 0 Å². The number of nitrogens with one attached hydrogen (secondary N) is 1. The van der Waals surface area contributed by atoms with Gasteiger partial charge in [-0.25, -0.2) is 0 Å². The van der Waals surface area contributed by atoms with Crippen molar-refractivity contribution in [3.63, 3.8) is 0 Å². The zero-order chi connectivity index (χ0) is 13.0. The zero-order valence-electron chi connectivity index (χ0n) is 11.6. The monoisotopic (exact) mass is 245 g/mol. The summed E-state index contributed by atoms with van der Waals surface area (Å²) in [6.45, 7) is 6.35. The van der Waals surface area contributed by atoms with Crippen LogP contribution in [0.3, 0.4) is 0 Å². The van der Waals surface area contributed by atoms with E-state index in [-0.39, 0.29) is 0 Å². The van der Waals surface area contributed by atoms with Gasteiger partial charge in [0.05, 0.1) is 0 Å². The molecule has 0 radical (unpaired) electrons. The van der Waals surface area contributed by atoms with Crippen molar-refractivity contribution < 1.29 is 0 Å². The van der Waals surface area contributed by atoms with Crippen LogP contribution in [0.5, 0.6) is 0 Å². The van der Waals surface area contributed by atoms with E-state index in [1.165, 1.54) is 16.5 Å². The van der Waals surface area contributed by atoms with Crippen LogP contribution in [0.4, 0.5) is 0 Å². The average molecular weight is 245 g/mol. The highest BCUT2D eigenvalue weighted by Gasteiger charge is 2.02. The molecule has 98 valence electrons. The largest absolute Gasteiger partial charge is 0.346 e. The van der Waals surface area contributed by atoms with Crippen molar-refractivity contribution in [3.8, 4) is 0 Å². The lowest BCUT2D eigenvalue weighted by Crippen LogP contribution is -2.28. The van der Waals surface area contributed by atoms with E-state index in [4.69, 9.17) is 0 Å². The van der Waals surface area contributed by atoms with Crippen molar-refractivity contribution in [2.45, 2.75) is 13.5 Å². The third-order valence-electron chi connectivity index (χ3n) is 3.30. The van der Waals surface area contributed by atoms with Crippen LogP contribution in [-0.2, 0) is 6.54 Å². The number of rotatable bonds is 6. The van der Waals surface area contributed by atoms with E-state index < -0.39 is 0 Å². The highest BCUT2D eigenvalue weighted by Crippen LogP contribution is 2.19. The van der Waals surface area contributed by atoms with Gasteiger partial charge in [-0.05, 0) is 38.7 Å². The fourth-order valence-corrected chi connectivity index (χ4v) is 2.20. The smallest absolute Gasteiger partial charge is 0.0483 e. The molecule has 3 nitrogen and oxygen atoms in total. The van der Waals surface area contributed by atoms with Crippen LogP contribution in [0.1, 0.15) is 5.56 Å². The van der Waals surface area contributed by atoms with Gasteiger partial charge in [0.25, 0.3) is 0 Å². The van der Waals surface area contributed by atoms with Gasteiger partial charge < -0.3 is 14.8 Å². The van der Waals surface area contributed by atoms with Crippen LogP contribution in [-0.4, -0.2) is 43.2 Å². The molecular weight excluding hydrogens is 222 g/mol. The molecule has 1 aromatic carbocycles. The maximum Gasteiger partial charge on any atom is 0.0483 e. The molecule has 1 heterocycles. The Balaban J connectivity index is 1.90. The van der Waals surface area contributed by atoms with E-state index in [1.807, 2.05) is 0 Å². The fourth-order valence-electron chi connectivity index (χ4n) is 2.20. The quantitative estimate of drug-likeness (QED) is 0.787. The van der Waals surface area contributed by atoms with Crippen LogP contribution in [0.15, 0.2) is 30.5 Å². The Kier molecular flexibility index (Phi) is 4.39. The highest BCUT2D eigenvalue weighted by atomic mass is 15.1. The summed E-state index contributed by atoms with van der Waals surface area (Å²) in [7, 11) is 4.20.